The first-order chi connectivity index (χ1) is 7.72. The van der Waals surface area contributed by atoms with Crippen LogP contribution in [0.5, 0.6) is 0 Å². The summed E-state index contributed by atoms with van der Waals surface area (Å²) in [6.45, 7) is 3.37. The van der Waals surface area contributed by atoms with Crippen LogP contribution in [0.3, 0.4) is 0 Å². The summed E-state index contributed by atoms with van der Waals surface area (Å²) in [5.41, 5.74) is 5.32. The monoisotopic (exact) mass is 227 g/mol. The molecule has 16 heavy (non-hydrogen) atoms. The summed E-state index contributed by atoms with van der Waals surface area (Å²) in [6.07, 6.45) is 2.13. The highest BCUT2D eigenvalue weighted by Gasteiger charge is 2.01. The van der Waals surface area contributed by atoms with E-state index in [-0.39, 0.29) is 5.84 Å². The van der Waals surface area contributed by atoms with Crippen molar-refractivity contribution in [3.63, 3.8) is 0 Å². The predicted octanol–water partition coefficient (Wildman–Crippen LogP) is 0.0367. The van der Waals surface area contributed by atoms with Gasteiger partial charge in [-0.15, -0.1) is 0 Å². The first-order valence-electron chi connectivity index (χ1n) is 5.18. The van der Waals surface area contributed by atoms with Crippen molar-refractivity contribution in [2.45, 2.75) is 26.2 Å². The van der Waals surface area contributed by atoms with Crippen molar-refractivity contribution in [1.82, 2.24) is 15.5 Å². The minimum atomic E-state index is 0.259. The summed E-state index contributed by atoms with van der Waals surface area (Å²) < 4.78 is 4.95. The van der Waals surface area contributed by atoms with Crippen molar-refractivity contribution in [3.05, 3.63) is 11.7 Å². The number of aromatic nitrogens is 2. The van der Waals surface area contributed by atoms with Gasteiger partial charge in [0.25, 0.3) is 0 Å². The molecular weight excluding hydrogens is 210 g/mol. The topological polar surface area (TPSA) is 110 Å². The Hall–Kier alpha value is -1.63. The fraction of sp³-hybridized carbons (Fsp3) is 0.667. The maximum atomic E-state index is 8.30. The van der Waals surface area contributed by atoms with Gasteiger partial charge in [-0.1, -0.05) is 10.3 Å². The number of aryl methyl sites for hydroxylation is 1. The van der Waals surface area contributed by atoms with Gasteiger partial charge in [0.05, 0.1) is 0 Å². The summed E-state index contributed by atoms with van der Waals surface area (Å²) in [5.74, 6) is 1.55. The molecule has 0 aliphatic heterocycles. The van der Waals surface area contributed by atoms with E-state index in [1.165, 1.54) is 0 Å². The molecule has 7 heteroatoms. The number of hydrogen-bond acceptors (Lipinski definition) is 6. The second kappa shape index (κ2) is 6.78. The van der Waals surface area contributed by atoms with E-state index in [0.29, 0.717) is 24.6 Å². The predicted molar refractivity (Wildman–Crippen MR) is 58.3 cm³/mol. The smallest absolute Gasteiger partial charge is 0.227 e. The van der Waals surface area contributed by atoms with Gasteiger partial charge in [-0.2, -0.15) is 4.98 Å². The molecule has 1 rings (SSSR count). The largest absolute Gasteiger partial charge is 0.409 e. The zero-order valence-corrected chi connectivity index (χ0v) is 9.31. The van der Waals surface area contributed by atoms with Crippen LogP contribution in [0.4, 0.5) is 0 Å². The molecule has 7 nitrogen and oxygen atoms in total. The summed E-state index contributed by atoms with van der Waals surface area (Å²) in [5, 5.41) is 18.1. The third kappa shape index (κ3) is 4.74. The fourth-order valence-electron chi connectivity index (χ4n) is 1.21. The molecule has 0 saturated heterocycles. The lowest BCUT2D eigenvalue weighted by molar-refractivity contribution is 0.316. The van der Waals surface area contributed by atoms with Crippen molar-refractivity contribution in [1.29, 1.82) is 0 Å². The zero-order valence-electron chi connectivity index (χ0n) is 9.31. The molecule has 0 radical (unpaired) electrons. The number of nitrogens with two attached hydrogens (primary N) is 1. The highest BCUT2D eigenvalue weighted by atomic mass is 16.5. The van der Waals surface area contributed by atoms with Crippen LogP contribution in [0.1, 0.15) is 24.6 Å². The summed E-state index contributed by atoms with van der Waals surface area (Å²) in [6, 6.07) is 0. The van der Waals surface area contributed by atoms with E-state index in [0.717, 1.165) is 19.5 Å². The Bertz CT molecular complexity index is 336. The Morgan fingerprint density at radius 3 is 3.00 bits per heavy atom. The van der Waals surface area contributed by atoms with Crippen LogP contribution in [-0.2, 0) is 6.42 Å². The van der Waals surface area contributed by atoms with Crippen molar-refractivity contribution in [2.24, 2.45) is 10.9 Å². The molecule has 4 N–H and O–H groups in total. The summed E-state index contributed by atoms with van der Waals surface area (Å²) >= 11 is 0. The number of rotatable bonds is 7. The number of amidine groups is 1. The van der Waals surface area contributed by atoms with Gasteiger partial charge in [-0.05, 0) is 19.9 Å². The van der Waals surface area contributed by atoms with Crippen LogP contribution in [-0.4, -0.2) is 34.3 Å². The average Bonchev–Trinajstić information content (AvgIpc) is 2.69. The molecular formula is C9H17N5O2. The number of hydrogen-bond donors (Lipinski definition) is 3. The fourth-order valence-corrected chi connectivity index (χ4v) is 1.21. The molecule has 0 aliphatic carbocycles. The van der Waals surface area contributed by atoms with Gasteiger partial charge in [-0.3, -0.25) is 0 Å². The molecule has 0 atom stereocenters. The first kappa shape index (κ1) is 12.4. The lowest BCUT2D eigenvalue weighted by Crippen LogP contribution is -2.21. The highest BCUT2D eigenvalue weighted by Crippen LogP contribution is 1.95. The van der Waals surface area contributed by atoms with Crippen molar-refractivity contribution in [2.75, 3.05) is 13.1 Å². The molecule has 0 aliphatic rings. The van der Waals surface area contributed by atoms with Gasteiger partial charge in [0, 0.05) is 19.4 Å². The van der Waals surface area contributed by atoms with E-state index < -0.39 is 0 Å². The van der Waals surface area contributed by atoms with Gasteiger partial charge >= 0.3 is 0 Å². The molecule has 1 aromatic rings. The molecule has 1 heterocycles. The SMILES string of the molecule is Cc1noc(CCNCCCC(N)=NO)n1. The molecule has 0 spiro atoms. The van der Waals surface area contributed by atoms with E-state index >= 15 is 0 Å². The van der Waals surface area contributed by atoms with Crippen molar-refractivity contribution in [3.8, 4) is 0 Å². The van der Waals surface area contributed by atoms with Crippen LogP contribution in [0, 0.1) is 6.92 Å². The van der Waals surface area contributed by atoms with Gasteiger partial charge in [0.1, 0.15) is 5.84 Å². The Balaban J connectivity index is 2.00. The summed E-state index contributed by atoms with van der Waals surface area (Å²) in [4.78, 5) is 4.08. The highest BCUT2D eigenvalue weighted by molar-refractivity contribution is 5.79. The van der Waals surface area contributed by atoms with Crippen molar-refractivity contribution >= 4 is 5.84 Å². The van der Waals surface area contributed by atoms with Crippen LogP contribution < -0.4 is 11.1 Å². The number of nitrogens with one attached hydrogen (secondary N) is 1. The minimum Gasteiger partial charge on any atom is -0.409 e. The quantitative estimate of drug-likeness (QED) is 0.199. The standard InChI is InChI=1S/C9H17N5O2/c1-7-12-9(16-14-7)4-6-11-5-2-3-8(10)13-15/h11,15H,2-6H2,1H3,(H2,10,13). The van der Waals surface area contributed by atoms with Gasteiger partial charge in [0.15, 0.2) is 5.82 Å². The van der Waals surface area contributed by atoms with E-state index in [2.05, 4.69) is 20.6 Å². The minimum absolute atomic E-state index is 0.259. The molecule has 1 aromatic heterocycles. The zero-order chi connectivity index (χ0) is 11.8. The van der Waals surface area contributed by atoms with Crippen LogP contribution >= 0.6 is 0 Å². The second-order valence-electron chi connectivity index (χ2n) is 3.43. The molecule has 0 saturated carbocycles. The second-order valence-corrected chi connectivity index (χ2v) is 3.43. The summed E-state index contributed by atoms with van der Waals surface area (Å²) in [7, 11) is 0. The lowest BCUT2D eigenvalue weighted by atomic mass is 10.3. The number of nitrogens with zero attached hydrogens (tertiary/aromatic N) is 3. The Morgan fingerprint density at radius 1 is 1.56 bits per heavy atom. The molecule has 0 unspecified atom stereocenters. The van der Waals surface area contributed by atoms with Crippen LogP contribution in [0.15, 0.2) is 9.68 Å². The Morgan fingerprint density at radius 2 is 2.38 bits per heavy atom. The molecule has 90 valence electrons. The Kier molecular flexibility index (Phi) is 5.27. The molecule has 0 aromatic carbocycles. The number of oxime groups is 1. The van der Waals surface area contributed by atoms with Gasteiger partial charge in [-0.25, -0.2) is 0 Å². The molecule has 0 bridgehead atoms. The van der Waals surface area contributed by atoms with Crippen molar-refractivity contribution < 1.29 is 9.73 Å². The van der Waals surface area contributed by atoms with Gasteiger partial charge < -0.3 is 20.8 Å². The van der Waals surface area contributed by atoms with E-state index in [9.17, 15) is 0 Å². The maximum absolute atomic E-state index is 8.30. The lowest BCUT2D eigenvalue weighted by Gasteiger charge is -2.01. The average molecular weight is 227 g/mol. The van der Waals surface area contributed by atoms with E-state index in [4.69, 9.17) is 15.5 Å². The third-order valence-corrected chi connectivity index (χ3v) is 2.00. The normalized spacial score (nSPS) is 11.9. The van der Waals surface area contributed by atoms with Crippen LogP contribution in [0.2, 0.25) is 0 Å². The molecule has 0 amide bonds. The van der Waals surface area contributed by atoms with E-state index in [1.807, 2.05) is 0 Å². The van der Waals surface area contributed by atoms with Gasteiger partial charge in [0.2, 0.25) is 5.89 Å². The first-order valence-corrected chi connectivity index (χ1v) is 5.18. The third-order valence-electron chi connectivity index (χ3n) is 2.00. The Labute approximate surface area is 93.7 Å². The van der Waals surface area contributed by atoms with E-state index in [1.54, 1.807) is 6.92 Å². The maximum Gasteiger partial charge on any atom is 0.227 e. The molecule has 0 fully saturated rings. The van der Waals surface area contributed by atoms with Crippen LogP contribution in [0.25, 0.3) is 0 Å².